The van der Waals surface area contributed by atoms with Crippen molar-refractivity contribution in [3.05, 3.63) is 65.3 Å². The molecule has 0 radical (unpaired) electrons. The van der Waals surface area contributed by atoms with Gasteiger partial charge in [0.15, 0.2) is 5.58 Å². The fourth-order valence-electron chi connectivity index (χ4n) is 3.55. The highest BCUT2D eigenvalue weighted by atomic mass is 16.4. The van der Waals surface area contributed by atoms with Crippen molar-refractivity contribution in [1.82, 2.24) is 9.13 Å². The van der Waals surface area contributed by atoms with E-state index in [1.54, 1.807) is 25.1 Å². The molecular formula is C22H23N3O3. The first-order valence-electron chi connectivity index (χ1n) is 9.44. The number of carbonyl (C=O) groups is 1. The maximum Gasteiger partial charge on any atom is 0.420 e. The van der Waals surface area contributed by atoms with Crippen LogP contribution in [0.5, 0.6) is 0 Å². The summed E-state index contributed by atoms with van der Waals surface area (Å²) in [5.41, 5.74) is 2.92. The maximum absolute atomic E-state index is 12.8. The minimum atomic E-state index is -0.697. The molecule has 0 aliphatic rings. The molecule has 1 unspecified atom stereocenters. The number of hydrogen-bond acceptors (Lipinski definition) is 3. The zero-order chi connectivity index (χ0) is 19.8. The van der Waals surface area contributed by atoms with Gasteiger partial charge in [0.2, 0.25) is 5.91 Å². The highest BCUT2D eigenvalue weighted by Gasteiger charge is 2.21. The fourth-order valence-corrected chi connectivity index (χ4v) is 3.55. The Morgan fingerprint density at radius 3 is 2.64 bits per heavy atom. The number of para-hydroxylation sites is 2. The Hall–Kier alpha value is -3.28. The van der Waals surface area contributed by atoms with E-state index in [4.69, 9.17) is 4.42 Å². The lowest BCUT2D eigenvalue weighted by Gasteiger charge is -2.14. The molecule has 1 atom stereocenters. The second-order valence-corrected chi connectivity index (χ2v) is 7.51. The Balaban J connectivity index is 1.59. The summed E-state index contributed by atoms with van der Waals surface area (Å²) >= 11 is 0. The van der Waals surface area contributed by atoms with Gasteiger partial charge in [0.1, 0.15) is 6.04 Å². The summed E-state index contributed by atoms with van der Waals surface area (Å²) in [6.45, 7) is 7.01. The first-order valence-corrected chi connectivity index (χ1v) is 9.44. The Morgan fingerprint density at radius 1 is 1.07 bits per heavy atom. The van der Waals surface area contributed by atoms with Gasteiger partial charge in [-0.25, -0.2) is 4.79 Å². The summed E-state index contributed by atoms with van der Waals surface area (Å²) in [5, 5.41) is 3.98. The van der Waals surface area contributed by atoms with Crippen LogP contribution in [0, 0.1) is 5.92 Å². The number of benzene rings is 2. The van der Waals surface area contributed by atoms with Crippen LogP contribution in [0.4, 0.5) is 5.69 Å². The lowest BCUT2D eigenvalue weighted by molar-refractivity contribution is -0.118. The predicted octanol–water partition coefficient (Wildman–Crippen LogP) is 4.40. The van der Waals surface area contributed by atoms with Crippen LogP contribution in [0.15, 0.2) is 63.9 Å². The molecule has 0 saturated heterocycles. The molecule has 0 bridgehead atoms. The first-order chi connectivity index (χ1) is 13.4. The molecule has 4 rings (SSSR count). The largest absolute Gasteiger partial charge is 0.420 e. The quantitative estimate of drug-likeness (QED) is 0.560. The molecule has 2 heterocycles. The van der Waals surface area contributed by atoms with Crippen molar-refractivity contribution in [2.75, 3.05) is 5.32 Å². The summed E-state index contributed by atoms with van der Waals surface area (Å²) in [4.78, 5) is 25.0. The molecule has 6 heteroatoms. The lowest BCUT2D eigenvalue weighted by atomic mass is 10.2. The van der Waals surface area contributed by atoms with Crippen molar-refractivity contribution >= 4 is 33.6 Å². The van der Waals surface area contributed by atoms with E-state index in [-0.39, 0.29) is 5.91 Å². The fraction of sp³-hybridized carbons (Fsp3) is 0.273. The Labute approximate surface area is 162 Å². The summed E-state index contributed by atoms with van der Waals surface area (Å²) in [5.74, 6) is -0.251. The molecule has 2 aromatic carbocycles. The van der Waals surface area contributed by atoms with Crippen LogP contribution in [0.25, 0.3) is 22.0 Å². The SMILES string of the molecule is CC(C)Cn1ccc2cc(NC(=O)C(C)n3c(=O)oc4ccccc43)ccc21. The number of anilines is 1. The zero-order valence-corrected chi connectivity index (χ0v) is 16.2. The summed E-state index contributed by atoms with van der Waals surface area (Å²) in [6.07, 6.45) is 2.07. The number of oxazole rings is 1. The predicted molar refractivity (Wildman–Crippen MR) is 111 cm³/mol. The number of aromatic nitrogens is 2. The summed E-state index contributed by atoms with van der Waals surface area (Å²) in [6, 6.07) is 14.3. The molecule has 4 aromatic rings. The Bertz CT molecular complexity index is 1210. The summed E-state index contributed by atoms with van der Waals surface area (Å²) in [7, 11) is 0. The smallest absolute Gasteiger partial charge is 0.408 e. The van der Waals surface area contributed by atoms with Crippen molar-refractivity contribution in [2.24, 2.45) is 5.92 Å². The standard InChI is InChI=1S/C22H23N3O3/c1-14(2)13-24-11-10-16-12-17(8-9-18(16)24)23-21(26)15(3)25-19-6-4-5-7-20(19)28-22(25)27/h4-12,14-15H,13H2,1-3H3,(H,23,26). The molecule has 0 aliphatic heterocycles. The van der Waals surface area contributed by atoms with Gasteiger partial charge in [0, 0.05) is 29.3 Å². The van der Waals surface area contributed by atoms with Crippen LogP contribution in [-0.2, 0) is 11.3 Å². The number of fused-ring (bicyclic) bond motifs is 2. The van der Waals surface area contributed by atoms with Gasteiger partial charge in [-0.15, -0.1) is 0 Å². The third kappa shape index (κ3) is 3.22. The van der Waals surface area contributed by atoms with Crippen LogP contribution in [0.1, 0.15) is 26.8 Å². The van der Waals surface area contributed by atoms with Crippen LogP contribution < -0.4 is 11.1 Å². The number of nitrogens with zero attached hydrogens (tertiary/aromatic N) is 2. The lowest BCUT2D eigenvalue weighted by Crippen LogP contribution is -2.29. The highest BCUT2D eigenvalue weighted by Crippen LogP contribution is 2.23. The van der Waals surface area contributed by atoms with E-state index in [9.17, 15) is 9.59 Å². The highest BCUT2D eigenvalue weighted by molar-refractivity contribution is 5.96. The van der Waals surface area contributed by atoms with Crippen molar-refractivity contribution in [3.8, 4) is 0 Å². The molecule has 144 valence electrons. The molecule has 0 aliphatic carbocycles. The van der Waals surface area contributed by atoms with Gasteiger partial charge in [-0.05, 0) is 49.2 Å². The molecule has 6 nitrogen and oxygen atoms in total. The molecular weight excluding hydrogens is 354 g/mol. The van der Waals surface area contributed by atoms with Gasteiger partial charge in [0.25, 0.3) is 0 Å². The minimum absolute atomic E-state index is 0.269. The number of carbonyl (C=O) groups excluding carboxylic acids is 1. The van der Waals surface area contributed by atoms with Crippen LogP contribution in [0.2, 0.25) is 0 Å². The minimum Gasteiger partial charge on any atom is -0.408 e. The molecule has 0 saturated carbocycles. The van der Waals surface area contributed by atoms with Gasteiger partial charge in [0.05, 0.1) is 5.52 Å². The number of nitrogens with one attached hydrogen (secondary N) is 1. The monoisotopic (exact) mass is 377 g/mol. The second-order valence-electron chi connectivity index (χ2n) is 7.51. The van der Waals surface area contributed by atoms with Crippen LogP contribution >= 0.6 is 0 Å². The van der Waals surface area contributed by atoms with Gasteiger partial charge in [-0.1, -0.05) is 26.0 Å². The van der Waals surface area contributed by atoms with E-state index in [1.165, 1.54) is 4.57 Å². The number of amides is 1. The topological polar surface area (TPSA) is 69.2 Å². The molecule has 28 heavy (non-hydrogen) atoms. The van der Waals surface area contributed by atoms with Crippen molar-refractivity contribution in [3.63, 3.8) is 0 Å². The molecule has 0 spiro atoms. The van der Waals surface area contributed by atoms with E-state index in [0.29, 0.717) is 22.7 Å². The van der Waals surface area contributed by atoms with Crippen LogP contribution in [-0.4, -0.2) is 15.0 Å². The molecule has 0 fully saturated rings. The average molecular weight is 377 g/mol. The van der Waals surface area contributed by atoms with Gasteiger partial charge in [-0.2, -0.15) is 0 Å². The van der Waals surface area contributed by atoms with E-state index >= 15 is 0 Å². The van der Waals surface area contributed by atoms with Crippen molar-refractivity contribution < 1.29 is 9.21 Å². The molecule has 1 amide bonds. The van der Waals surface area contributed by atoms with Gasteiger partial charge >= 0.3 is 5.76 Å². The molecule has 1 N–H and O–H groups in total. The van der Waals surface area contributed by atoms with E-state index in [0.717, 1.165) is 17.4 Å². The van der Waals surface area contributed by atoms with Gasteiger partial charge < -0.3 is 14.3 Å². The van der Waals surface area contributed by atoms with Crippen molar-refractivity contribution in [2.45, 2.75) is 33.4 Å². The maximum atomic E-state index is 12.8. The van der Waals surface area contributed by atoms with E-state index in [2.05, 4.69) is 29.9 Å². The number of rotatable bonds is 5. The van der Waals surface area contributed by atoms with Crippen LogP contribution in [0.3, 0.4) is 0 Å². The Morgan fingerprint density at radius 2 is 1.86 bits per heavy atom. The second kappa shape index (κ2) is 7.03. The van der Waals surface area contributed by atoms with Crippen molar-refractivity contribution in [1.29, 1.82) is 0 Å². The summed E-state index contributed by atoms with van der Waals surface area (Å²) < 4.78 is 8.83. The Kier molecular flexibility index (Phi) is 4.55. The normalized spacial score (nSPS) is 12.7. The first kappa shape index (κ1) is 18.1. The number of hydrogen-bond donors (Lipinski definition) is 1. The zero-order valence-electron chi connectivity index (χ0n) is 16.2. The average Bonchev–Trinajstić information content (AvgIpc) is 3.20. The third-order valence-electron chi connectivity index (χ3n) is 4.89. The third-order valence-corrected chi connectivity index (χ3v) is 4.89. The van der Waals surface area contributed by atoms with Gasteiger partial charge in [-0.3, -0.25) is 9.36 Å². The van der Waals surface area contributed by atoms with E-state index in [1.807, 2.05) is 30.3 Å². The molecule has 2 aromatic heterocycles. The van der Waals surface area contributed by atoms with E-state index < -0.39 is 11.8 Å².